The van der Waals surface area contributed by atoms with Crippen LogP contribution in [0.15, 0.2) is 27.9 Å². The van der Waals surface area contributed by atoms with Gasteiger partial charge in [-0.25, -0.2) is 14.5 Å². The minimum Gasteiger partial charge on any atom is -0.307 e. The molecular formula is C22H28N6O3. The van der Waals surface area contributed by atoms with Crippen molar-refractivity contribution in [2.45, 2.75) is 71.4 Å². The molecule has 0 radical (unpaired) electrons. The number of amides is 1. The van der Waals surface area contributed by atoms with Crippen molar-refractivity contribution in [1.82, 2.24) is 24.3 Å². The van der Waals surface area contributed by atoms with E-state index in [1.165, 1.54) is 16.8 Å². The molecule has 31 heavy (non-hydrogen) atoms. The molecule has 0 atom stereocenters. The lowest BCUT2D eigenvalue weighted by molar-refractivity contribution is 0.102. The summed E-state index contributed by atoms with van der Waals surface area (Å²) in [5.41, 5.74) is -0.132. The molecule has 1 fully saturated rings. The Hall–Kier alpha value is -3.23. The third-order valence-corrected chi connectivity index (χ3v) is 5.31. The summed E-state index contributed by atoms with van der Waals surface area (Å²) in [7, 11) is 0. The van der Waals surface area contributed by atoms with E-state index in [9.17, 15) is 14.4 Å². The molecule has 4 rings (SSSR count). The number of hydrogen-bond acceptors (Lipinski definition) is 5. The Balaban J connectivity index is 1.74. The minimum absolute atomic E-state index is 0.0518. The summed E-state index contributed by atoms with van der Waals surface area (Å²) >= 11 is 0. The second kappa shape index (κ2) is 6.90. The third kappa shape index (κ3) is 3.92. The van der Waals surface area contributed by atoms with E-state index in [1.54, 1.807) is 4.68 Å². The molecule has 3 heterocycles. The van der Waals surface area contributed by atoms with Gasteiger partial charge >= 0.3 is 5.69 Å². The number of carbonyl (C=O) groups is 1. The van der Waals surface area contributed by atoms with Crippen LogP contribution in [0.1, 0.15) is 76.5 Å². The molecule has 0 saturated heterocycles. The summed E-state index contributed by atoms with van der Waals surface area (Å²) < 4.78 is 3.29. The fourth-order valence-electron chi connectivity index (χ4n) is 3.47. The topological polar surface area (TPSA) is 115 Å². The number of rotatable bonds is 3. The van der Waals surface area contributed by atoms with Gasteiger partial charge in [0.1, 0.15) is 11.5 Å². The van der Waals surface area contributed by atoms with Crippen LogP contribution in [0.3, 0.4) is 0 Å². The molecule has 164 valence electrons. The van der Waals surface area contributed by atoms with Crippen LogP contribution in [0.2, 0.25) is 0 Å². The van der Waals surface area contributed by atoms with Crippen molar-refractivity contribution < 1.29 is 4.79 Å². The number of aromatic nitrogens is 5. The van der Waals surface area contributed by atoms with Gasteiger partial charge in [0.25, 0.3) is 11.5 Å². The van der Waals surface area contributed by atoms with Gasteiger partial charge in [-0.2, -0.15) is 5.10 Å². The molecule has 9 nitrogen and oxygen atoms in total. The van der Waals surface area contributed by atoms with Crippen LogP contribution in [0.25, 0.3) is 11.0 Å². The van der Waals surface area contributed by atoms with E-state index in [0.29, 0.717) is 11.5 Å². The minimum atomic E-state index is -0.547. The van der Waals surface area contributed by atoms with Crippen LogP contribution in [0, 0.1) is 0 Å². The Bertz CT molecular complexity index is 1300. The second-order valence-electron chi connectivity index (χ2n) is 10.2. The fourth-order valence-corrected chi connectivity index (χ4v) is 3.47. The molecule has 3 aromatic rings. The number of anilines is 1. The number of nitrogens with zero attached hydrogens (tertiary/aromatic N) is 4. The number of pyridine rings is 1. The van der Waals surface area contributed by atoms with Crippen molar-refractivity contribution in [3.8, 4) is 0 Å². The van der Waals surface area contributed by atoms with Crippen molar-refractivity contribution in [1.29, 1.82) is 0 Å². The van der Waals surface area contributed by atoms with Crippen molar-refractivity contribution >= 4 is 22.8 Å². The average molecular weight is 425 g/mol. The maximum absolute atomic E-state index is 13.0. The van der Waals surface area contributed by atoms with Crippen LogP contribution < -0.4 is 16.6 Å². The zero-order chi connectivity index (χ0) is 22.7. The van der Waals surface area contributed by atoms with Gasteiger partial charge in [0.05, 0.1) is 22.2 Å². The van der Waals surface area contributed by atoms with E-state index in [4.69, 9.17) is 5.10 Å². The molecule has 0 spiro atoms. The standard InChI is InChI=1S/C22H28N6O3/c1-21(2,3)15-10-16(28(26-15)22(4,5)6)24-18(29)12-9-14-17(23-11-12)27(13-7-8-13)20(31)25-19(14)30/h9-11,13H,7-8H2,1-6H3,(H,24,29)(H,25,30,31). The van der Waals surface area contributed by atoms with Crippen molar-refractivity contribution in [2.75, 3.05) is 5.32 Å². The molecule has 1 saturated carbocycles. The highest BCUT2D eigenvalue weighted by Crippen LogP contribution is 2.34. The van der Waals surface area contributed by atoms with Gasteiger partial charge in [-0.05, 0) is 39.7 Å². The first-order valence-electron chi connectivity index (χ1n) is 10.4. The van der Waals surface area contributed by atoms with E-state index in [1.807, 2.05) is 26.8 Å². The number of nitrogens with one attached hydrogen (secondary N) is 2. The van der Waals surface area contributed by atoms with Gasteiger partial charge in [-0.1, -0.05) is 20.8 Å². The predicted octanol–water partition coefficient (Wildman–Crippen LogP) is 2.92. The number of H-pyrrole nitrogens is 1. The lowest BCUT2D eigenvalue weighted by Crippen LogP contribution is -2.31. The van der Waals surface area contributed by atoms with Gasteiger partial charge in [0, 0.05) is 23.7 Å². The first-order chi connectivity index (χ1) is 14.4. The zero-order valence-corrected chi connectivity index (χ0v) is 18.7. The molecule has 2 N–H and O–H groups in total. The van der Waals surface area contributed by atoms with E-state index >= 15 is 0 Å². The van der Waals surface area contributed by atoms with Crippen molar-refractivity contribution in [3.63, 3.8) is 0 Å². The number of fused-ring (bicyclic) bond motifs is 1. The first kappa shape index (κ1) is 21.0. The van der Waals surface area contributed by atoms with Crippen LogP contribution in [-0.4, -0.2) is 30.2 Å². The summed E-state index contributed by atoms with van der Waals surface area (Å²) in [6, 6.07) is 3.41. The summed E-state index contributed by atoms with van der Waals surface area (Å²) in [5.74, 6) is 0.170. The maximum Gasteiger partial charge on any atom is 0.330 e. The summed E-state index contributed by atoms with van der Waals surface area (Å²) in [5, 5.41) is 7.84. The van der Waals surface area contributed by atoms with Crippen molar-refractivity contribution in [2.24, 2.45) is 0 Å². The lowest BCUT2D eigenvalue weighted by Gasteiger charge is -2.23. The Morgan fingerprint density at radius 2 is 1.81 bits per heavy atom. The quantitative estimate of drug-likeness (QED) is 0.671. The monoisotopic (exact) mass is 424 g/mol. The summed E-state index contributed by atoms with van der Waals surface area (Å²) in [6.07, 6.45) is 3.15. The van der Waals surface area contributed by atoms with E-state index in [-0.39, 0.29) is 27.9 Å². The van der Waals surface area contributed by atoms with E-state index in [2.05, 4.69) is 36.1 Å². The predicted molar refractivity (Wildman–Crippen MR) is 119 cm³/mol. The van der Waals surface area contributed by atoms with Gasteiger partial charge in [0.15, 0.2) is 0 Å². The second-order valence-corrected chi connectivity index (χ2v) is 10.2. The molecule has 9 heteroatoms. The van der Waals surface area contributed by atoms with Crippen molar-refractivity contribution in [3.05, 3.63) is 50.4 Å². The Morgan fingerprint density at radius 3 is 2.39 bits per heavy atom. The van der Waals surface area contributed by atoms with E-state index < -0.39 is 17.2 Å². The molecule has 0 aromatic carbocycles. The average Bonchev–Trinajstić information content (AvgIpc) is 3.37. The molecule has 3 aromatic heterocycles. The summed E-state index contributed by atoms with van der Waals surface area (Å²) in [4.78, 5) is 44.2. The van der Waals surface area contributed by atoms with Gasteiger partial charge in [-0.15, -0.1) is 0 Å². The third-order valence-electron chi connectivity index (χ3n) is 5.31. The highest BCUT2D eigenvalue weighted by atomic mass is 16.2. The molecule has 0 aliphatic heterocycles. The SMILES string of the molecule is CC(C)(C)c1cc(NC(=O)c2cnc3c(c2)c(=O)[nH]c(=O)n3C2CC2)n(C(C)(C)C)n1. The highest BCUT2D eigenvalue weighted by molar-refractivity contribution is 6.05. The number of carbonyl (C=O) groups excluding carboxylic acids is 1. The number of aromatic amines is 1. The maximum atomic E-state index is 13.0. The van der Waals surface area contributed by atoms with Crippen LogP contribution in [0.4, 0.5) is 5.82 Å². The first-order valence-corrected chi connectivity index (χ1v) is 10.4. The Labute approximate surface area is 179 Å². The fraction of sp³-hybridized carbons (Fsp3) is 0.500. The molecule has 1 amide bonds. The molecule has 1 aliphatic carbocycles. The van der Waals surface area contributed by atoms with Gasteiger partial charge < -0.3 is 5.32 Å². The van der Waals surface area contributed by atoms with Crippen LogP contribution in [0.5, 0.6) is 0 Å². The highest BCUT2D eigenvalue weighted by Gasteiger charge is 2.29. The molecule has 0 bridgehead atoms. The molecular weight excluding hydrogens is 396 g/mol. The Morgan fingerprint density at radius 1 is 1.13 bits per heavy atom. The van der Waals surface area contributed by atoms with Crippen LogP contribution >= 0.6 is 0 Å². The summed E-state index contributed by atoms with van der Waals surface area (Å²) in [6.45, 7) is 12.2. The van der Waals surface area contributed by atoms with Gasteiger partial charge in [-0.3, -0.25) is 19.1 Å². The largest absolute Gasteiger partial charge is 0.330 e. The van der Waals surface area contributed by atoms with E-state index in [0.717, 1.165) is 18.5 Å². The van der Waals surface area contributed by atoms with Crippen LogP contribution in [-0.2, 0) is 11.0 Å². The Kier molecular flexibility index (Phi) is 4.68. The van der Waals surface area contributed by atoms with Gasteiger partial charge in [0.2, 0.25) is 0 Å². The zero-order valence-electron chi connectivity index (χ0n) is 18.7. The lowest BCUT2D eigenvalue weighted by atomic mass is 9.92. The molecule has 0 unspecified atom stereocenters. The smallest absolute Gasteiger partial charge is 0.307 e. The molecule has 1 aliphatic rings. The number of hydrogen-bond donors (Lipinski definition) is 2. The normalized spacial score (nSPS) is 14.8.